The van der Waals surface area contributed by atoms with E-state index in [9.17, 15) is 14.4 Å². The summed E-state index contributed by atoms with van der Waals surface area (Å²) in [5, 5.41) is 10.8. The van der Waals surface area contributed by atoms with Gasteiger partial charge >= 0.3 is 11.9 Å². The maximum atomic E-state index is 13.1. The Morgan fingerprint density at radius 2 is 1.90 bits per heavy atom. The third kappa shape index (κ3) is 12.1. The molecule has 1 fully saturated rings. The van der Waals surface area contributed by atoms with Gasteiger partial charge in [0.1, 0.15) is 0 Å². The minimum absolute atomic E-state index is 0.0231. The molecule has 1 saturated heterocycles. The van der Waals surface area contributed by atoms with Gasteiger partial charge in [-0.15, -0.1) is 0 Å². The van der Waals surface area contributed by atoms with E-state index in [4.69, 9.17) is 28.8 Å². The molecule has 2 heterocycles. The van der Waals surface area contributed by atoms with Crippen molar-refractivity contribution in [1.82, 2.24) is 10.3 Å². The van der Waals surface area contributed by atoms with E-state index >= 15 is 0 Å². The van der Waals surface area contributed by atoms with Crippen molar-refractivity contribution < 1.29 is 43.2 Å². The van der Waals surface area contributed by atoms with Crippen molar-refractivity contribution in [1.29, 1.82) is 0 Å². The van der Waals surface area contributed by atoms with E-state index in [1.165, 1.54) is 31.9 Å². The molecular weight excluding hydrogens is 532 g/mol. The molecule has 1 aromatic heterocycles. The molecule has 0 spiro atoms. The third-order valence-electron chi connectivity index (χ3n) is 6.03. The van der Waals surface area contributed by atoms with E-state index in [1.807, 2.05) is 39.0 Å². The predicted molar refractivity (Wildman–Crippen MR) is 150 cm³/mol. The number of nitrogens with zero attached hydrogens (tertiary/aromatic N) is 1. The number of carbonyl (C=O) groups is 3. The zero-order valence-corrected chi connectivity index (χ0v) is 24.5. The highest BCUT2D eigenvalue weighted by molar-refractivity contribution is 5.98. The molecule has 41 heavy (non-hydrogen) atoms. The Morgan fingerprint density at radius 1 is 1.20 bits per heavy atom. The number of aromatic nitrogens is 1. The summed E-state index contributed by atoms with van der Waals surface area (Å²) in [7, 11) is 1.40. The summed E-state index contributed by atoms with van der Waals surface area (Å²) in [6.45, 7) is 7.28. The Labute approximate surface area is 241 Å². The van der Waals surface area contributed by atoms with Gasteiger partial charge in [0.05, 0.1) is 19.8 Å². The first-order valence-corrected chi connectivity index (χ1v) is 13.7. The van der Waals surface area contributed by atoms with Crippen LogP contribution in [0.25, 0.3) is 0 Å². The van der Waals surface area contributed by atoms with Gasteiger partial charge in [-0.25, -0.2) is 9.78 Å². The second-order valence-electron chi connectivity index (χ2n) is 10.1. The lowest BCUT2D eigenvalue weighted by Gasteiger charge is -2.26. The Balaban J connectivity index is 0.00000108. The molecule has 2 unspecified atom stereocenters. The number of aliphatic hydroxyl groups excluding tert-OH is 1. The second kappa shape index (κ2) is 17.9. The average molecular weight is 575 g/mol. The van der Waals surface area contributed by atoms with Crippen molar-refractivity contribution in [3.8, 4) is 11.5 Å². The maximum absolute atomic E-state index is 13.1. The monoisotopic (exact) mass is 574 g/mol. The zero-order valence-electron chi connectivity index (χ0n) is 24.5. The molecule has 2 aromatic rings. The minimum atomic E-state index is -1.04. The molecule has 1 amide bonds. The van der Waals surface area contributed by atoms with Crippen molar-refractivity contribution in [2.45, 2.75) is 59.1 Å². The van der Waals surface area contributed by atoms with E-state index in [0.717, 1.165) is 12.8 Å². The van der Waals surface area contributed by atoms with Crippen LogP contribution in [-0.4, -0.2) is 73.8 Å². The molecule has 1 aliphatic rings. The van der Waals surface area contributed by atoms with E-state index in [2.05, 4.69) is 22.4 Å². The number of esters is 2. The van der Waals surface area contributed by atoms with Gasteiger partial charge in [-0.3, -0.25) is 9.59 Å². The van der Waals surface area contributed by atoms with Crippen molar-refractivity contribution >= 4 is 17.8 Å². The topological polar surface area (TPSA) is 143 Å². The van der Waals surface area contributed by atoms with Gasteiger partial charge in [0.25, 0.3) is 5.91 Å². The summed E-state index contributed by atoms with van der Waals surface area (Å²) in [6.07, 6.45) is 3.37. The smallest absolute Gasteiger partial charge is 0.331 e. The van der Waals surface area contributed by atoms with E-state index in [-0.39, 0.29) is 29.9 Å². The number of cyclic esters (lactones) is 1. The first-order chi connectivity index (χ1) is 19.6. The van der Waals surface area contributed by atoms with Crippen molar-refractivity contribution in [2.75, 3.05) is 33.7 Å². The van der Waals surface area contributed by atoms with Crippen LogP contribution in [0.4, 0.5) is 0 Å². The van der Waals surface area contributed by atoms with Gasteiger partial charge in [-0.2, -0.15) is 0 Å². The number of nitrogens with one attached hydrogen (secondary N) is 1. The van der Waals surface area contributed by atoms with Crippen LogP contribution in [0, 0.1) is 11.8 Å². The van der Waals surface area contributed by atoms with Crippen molar-refractivity contribution in [2.24, 2.45) is 11.8 Å². The largest absolute Gasteiger partial charge is 0.493 e. The molecule has 0 bridgehead atoms. The number of rotatable bonds is 9. The van der Waals surface area contributed by atoms with Crippen LogP contribution < -0.4 is 14.8 Å². The second-order valence-corrected chi connectivity index (χ2v) is 10.1. The molecule has 11 nitrogen and oxygen atoms in total. The minimum Gasteiger partial charge on any atom is -0.493 e. The maximum Gasteiger partial charge on any atom is 0.331 e. The number of ether oxygens (including phenoxy) is 5. The Bertz CT molecular complexity index is 1090. The van der Waals surface area contributed by atoms with Crippen LogP contribution in [0.2, 0.25) is 0 Å². The van der Waals surface area contributed by atoms with Gasteiger partial charge in [0, 0.05) is 32.4 Å². The fourth-order valence-corrected chi connectivity index (χ4v) is 3.96. The number of methoxy groups -OCH3 is 1. The number of benzene rings is 1. The number of hydrogen-bond donors (Lipinski definition) is 2. The third-order valence-corrected chi connectivity index (χ3v) is 6.03. The summed E-state index contributed by atoms with van der Waals surface area (Å²) < 4.78 is 26.8. The van der Waals surface area contributed by atoms with Gasteiger partial charge in [-0.1, -0.05) is 44.2 Å². The highest BCUT2D eigenvalue weighted by atomic mass is 16.7. The normalized spacial score (nSPS) is 19.2. The number of amides is 1. The lowest BCUT2D eigenvalue weighted by atomic mass is 9.91. The molecule has 2 N–H and O–H groups in total. The lowest BCUT2D eigenvalue weighted by Crippen LogP contribution is -2.46. The van der Waals surface area contributed by atoms with Gasteiger partial charge < -0.3 is 34.1 Å². The molecule has 0 saturated carbocycles. The van der Waals surface area contributed by atoms with Gasteiger partial charge in [0.2, 0.25) is 6.79 Å². The number of aliphatic hydroxyl groups is 1. The molecule has 3 atom stereocenters. The molecule has 3 rings (SSSR count). The fraction of sp³-hybridized carbons (Fsp3) is 0.533. The Hall–Kier alpha value is -3.70. The molecular formula is C30H42N2O9. The van der Waals surface area contributed by atoms with E-state index in [0.29, 0.717) is 31.5 Å². The average Bonchev–Trinajstić information content (AvgIpc) is 2.94. The summed E-state index contributed by atoms with van der Waals surface area (Å²) in [4.78, 5) is 41.1. The number of pyridine rings is 1. The van der Waals surface area contributed by atoms with Crippen LogP contribution >= 0.6 is 0 Å². The lowest BCUT2D eigenvalue weighted by molar-refractivity contribution is -0.154. The summed E-state index contributed by atoms with van der Waals surface area (Å²) in [6, 6.07) is 10.6. The SMILES string of the molecule is CC(C)CO.COc1ccnc(C(=O)N[C@H]2COCCC(Cc3ccccc3)CC(C)OC2=O)c1OCOC(C)=O. The van der Waals surface area contributed by atoms with Crippen molar-refractivity contribution in [3.05, 3.63) is 53.9 Å². The molecule has 1 aromatic carbocycles. The van der Waals surface area contributed by atoms with Gasteiger partial charge in [0.15, 0.2) is 23.2 Å². The van der Waals surface area contributed by atoms with Crippen LogP contribution in [0.1, 0.15) is 56.6 Å². The van der Waals surface area contributed by atoms with Crippen LogP contribution in [-0.2, 0) is 30.2 Å². The summed E-state index contributed by atoms with van der Waals surface area (Å²) >= 11 is 0. The fourth-order valence-electron chi connectivity index (χ4n) is 3.96. The highest BCUT2D eigenvalue weighted by Crippen LogP contribution is 2.29. The first kappa shape index (κ1) is 33.5. The molecule has 0 radical (unpaired) electrons. The van der Waals surface area contributed by atoms with Crippen LogP contribution in [0.3, 0.4) is 0 Å². The van der Waals surface area contributed by atoms with E-state index < -0.39 is 30.7 Å². The Kier molecular flexibility index (Phi) is 14.6. The van der Waals surface area contributed by atoms with Crippen LogP contribution in [0.15, 0.2) is 42.6 Å². The number of carbonyl (C=O) groups excluding carboxylic acids is 3. The van der Waals surface area contributed by atoms with Crippen molar-refractivity contribution in [3.63, 3.8) is 0 Å². The summed E-state index contributed by atoms with van der Waals surface area (Å²) in [5.41, 5.74) is 1.09. The zero-order chi connectivity index (χ0) is 30.2. The van der Waals surface area contributed by atoms with Crippen LogP contribution in [0.5, 0.6) is 11.5 Å². The molecule has 1 aliphatic heterocycles. The first-order valence-electron chi connectivity index (χ1n) is 13.7. The summed E-state index contributed by atoms with van der Waals surface area (Å²) in [5.74, 6) is -0.916. The van der Waals surface area contributed by atoms with Gasteiger partial charge in [-0.05, 0) is 43.6 Å². The quantitative estimate of drug-likeness (QED) is 0.338. The molecule has 11 heteroatoms. The molecule has 0 aliphatic carbocycles. The predicted octanol–water partition coefficient (Wildman–Crippen LogP) is 3.32. The van der Waals surface area contributed by atoms with E-state index in [1.54, 1.807) is 0 Å². The standard InChI is InChI=1S/C26H32N2O8.C4H10O/c1-17-13-20(14-19-7-5-4-6-8-19)10-12-33-15-21(26(31)36-17)28-25(30)23-24(35-16-34-18(2)29)22(32-3)9-11-27-23;1-4(2)3-5/h4-9,11,17,20-21H,10,12-16H2,1-3H3,(H,28,30);4-5H,3H2,1-2H3/t17?,20?,21-;/m0./s1. The highest BCUT2D eigenvalue weighted by Gasteiger charge is 2.29. The number of hydrogen-bond acceptors (Lipinski definition) is 10. The molecule has 226 valence electrons. The Morgan fingerprint density at radius 3 is 2.54 bits per heavy atom.